The van der Waals surface area contributed by atoms with Gasteiger partial charge in [-0.25, -0.2) is 4.98 Å². The maximum Gasteiger partial charge on any atom is 0.0976 e. The first-order valence-electron chi connectivity index (χ1n) is 5.80. The molecular formula is C15H12N2S. The minimum Gasteiger partial charge on any atom is -0.265 e. The van der Waals surface area contributed by atoms with E-state index in [1.807, 2.05) is 42.7 Å². The van der Waals surface area contributed by atoms with Crippen molar-refractivity contribution in [2.75, 3.05) is 0 Å². The normalized spacial score (nSPS) is 10.4. The minimum absolute atomic E-state index is 0.875. The average molecular weight is 252 g/mol. The van der Waals surface area contributed by atoms with Gasteiger partial charge in [0.15, 0.2) is 0 Å². The van der Waals surface area contributed by atoms with Crippen molar-refractivity contribution in [3.8, 4) is 11.3 Å². The molecule has 0 N–H and O–H groups in total. The van der Waals surface area contributed by atoms with Gasteiger partial charge in [0, 0.05) is 29.8 Å². The fourth-order valence-electron chi connectivity index (χ4n) is 1.81. The molecule has 0 atom stereocenters. The Labute approximate surface area is 110 Å². The van der Waals surface area contributed by atoms with Crippen LogP contribution in [0.4, 0.5) is 0 Å². The van der Waals surface area contributed by atoms with Crippen LogP contribution in [0.2, 0.25) is 0 Å². The third-order valence-electron chi connectivity index (χ3n) is 2.73. The zero-order chi connectivity index (χ0) is 12.2. The van der Waals surface area contributed by atoms with Gasteiger partial charge >= 0.3 is 0 Å². The maximum absolute atomic E-state index is 4.67. The maximum atomic E-state index is 4.67. The standard InChI is InChI=1S/C15H12N2S/c1-2-4-13(5-3-1)14-11-18-15(17-14)10-12-6-8-16-9-7-12/h1-9,11H,10H2. The van der Waals surface area contributed by atoms with E-state index >= 15 is 0 Å². The summed E-state index contributed by atoms with van der Waals surface area (Å²) in [5.41, 5.74) is 3.48. The zero-order valence-corrected chi connectivity index (χ0v) is 10.6. The van der Waals surface area contributed by atoms with E-state index < -0.39 is 0 Å². The summed E-state index contributed by atoms with van der Waals surface area (Å²) < 4.78 is 0. The molecule has 0 bridgehead atoms. The van der Waals surface area contributed by atoms with Crippen LogP contribution in [0.5, 0.6) is 0 Å². The van der Waals surface area contributed by atoms with Crippen molar-refractivity contribution >= 4 is 11.3 Å². The van der Waals surface area contributed by atoms with E-state index in [9.17, 15) is 0 Å². The number of pyridine rings is 1. The summed E-state index contributed by atoms with van der Waals surface area (Å²) in [5, 5.41) is 3.26. The third kappa shape index (κ3) is 2.46. The minimum atomic E-state index is 0.875. The van der Waals surface area contributed by atoms with Crippen LogP contribution in [0.1, 0.15) is 10.6 Å². The van der Waals surface area contributed by atoms with Crippen molar-refractivity contribution in [2.45, 2.75) is 6.42 Å². The first-order chi connectivity index (χ1) is 8.92. The van der Waals surface area contributed by atoms with Crippen LogP contribution in [-0.2, 0) is 6.42 Å². The lowest BCUT2D eigenvalue weighted by Crippen LogP contribution is -1.87. The van der Waals surface area contributed by atoms with E-state index in [0.29, 0.717) is 0 Å². The Balaban J connectivity index is 1.82. The molecule has 0 spiro atoms. The van der Waals surface area contributed by atoms with Gasteiger partial charge in [0.1, 0.15) is 0 Å². The number of hydrogen-bond donors (Lipinski definition) is 0. The quantitative estimate of drug-likeness (QED) is 0.708. The fourth-order valence-corrected chi connectivity index (χ4v) is 2.65. The molecule has 88 valence electrons. The Bertz CT molecular complexity index is 617. The molecule has 2 heterocycles. The molecule has 0 unspecified atom stereocenters. The lowest BCUT2D eigenvalue weighted by Gasteiger charge is -1.96. The molecular weight excluding hydrogens is 240 g/mol. The predicted octanol–water partition coefficient (Wildman–Crippen LogP) is 3.80. The van der Waals surface area contributed by atoms with Crippen LogP contribution in [-0.4, -0.2) is 9.97 Å². The Morgan fingerprint density at radius 3 is 2.50 bits per heavy atom. The van der Waals surface area contributed by atoms with Crippen molar-refractivity contribution in [2.24, 2.45) is 0 Å². The van der Waals surface area contributed by atoms with Crippen LogP contribution in [0.25, 0.3) is 11.3 Å². The van der Waals surface area contributed by atoms with Gasteiger partial charge in [-0.15, -0.1) is 11.3 Å². The number of nitrogens with zero attached hydrogens (tertiary/aromatic N) is 2. The van der Waals surface area contributed by atoms with Crippen LogP contribution >= 0.6 is 11.3 Å². The van der Waals surface area contributed by atoms with E-state index in [-0.39, 0.29) is 0 Å². The number of hydrogen-bond acceptors (Lipinski definition) is 3. The lowest BCUT2D eigenvalue weighted by atomic mass is 10.2. The topological polar surface area (TPSA) is 25.8 Å². The van der Waals surface area contributed by atoms with Crippen molar-refractivity contribution in [1.29, 1.82) is 0 Å². The summed E-state index contributed by atoms with van der Waals surface area (Å²) in [7, 11) is 0. The largest absolute Gasteiger partial charge is 0.265 e. The molecule has 2 nitrogen and oxygen atoms in total. The van der Waals surface area contributed by atoms with Crippen LogP contribution in [0.3, 0.4) is 0 Å². The van der Waals surface area contributed by atoms with Gasteiger partial charge in [0.25, 0.3) is 0 Å². The number of rotatable bonds is 3. The van der Waals surface area contributed by atoms with Crippen molar-refractivity contribution in [3.63, 3.8) is 0 Å². The van der Waals surface area contributed by atoms with E-state index in [1.165, 1.54) is 11.1 Å². The van der Waals surface area contributed by atoms with Gasteiger partial charge in [0.2, 0.25) is 0 Å². The molecule has 0 fully saturated rings. The molecule has 0 radical (unpaired) electrons. The molecule has 1 aromatic carbocycles. The third-order valence-corrected chi connectivity index (χ3v) is 3.57. The van der Waals surface area contributed by atoms with Gasteiger partial charge in [-0.1, -0.05) is 30.3 Å². The first-order valence-corrected chi connectivity index (χ1v) is 6.68. The molecule has 18 heavy (non-hydrogen) atoms. The summed E-state index contributed by atoms with van der Waals surface area (Å²) in [4.78, 5) is 8.70. The zero-order valence-electron chi connectivity index (χ0n) is 9.78. The molecule has 0 aliphatic heterocycles. The predicted molar refractivity (Wildman–Crippen MR) is 74.6 cm³/mol. The second kappa shape index (κ2) is 5.10. The number of aromatic nitrogens is 2. The van der Waals surface area contributed by atoms with Crippen molar-refractivity contribution in [3.05, 3.63) is 70.8 Å². The molecule has 0 amide bonds. The van der Waals surface area contributed by atoms with Crippen LogP contribution in [0, 0.1) is 0 Å². The van der Waals surface area contributed by atoms with Crippen molar-refractivity contribution < 1.29 is 0 Å². The van der Waals surface area contributed by atoms with E-state index in [0.717, 1.165) is 17.1 Å². The highest BCUT2D eigenvalue weighted by molar-refractivity contribution is 7.10. The molecule has 0 aliphatic rings. The molecule has 3 rings (SSSR count). The SMILES string of the molecule is c1ccc(-c2csc(Cc3ccncc3)n2)cc1. The Kier molecular flexibility index (Phi) is 3.15. The molecule has 0 saturated carbocycles. The van der Waals surface area contributed by atoms with Crippen LogP contribution in [0.15, 0.2) is 60.2 Å². The summed E-state index contributed by atoms with van der Waals surface area (Å²) in [6.07, 6.45) is 4.52. The van der Waals surface area contributed by atoms with E-state index in [1.54, 1.807) is 11.3 Å². The van der Waals surface area contributed by atoms with Crippen molar-refractivity contribution in [1.82, 2.24) is 9.97 Å². The van der Waals surface area contributed by atoms with E-state index in [4.69, 9.17) is 0 Å². The molecule has 0 aliphatic carbocycles. The average Bonchev–Trinajstić information content (AvgIpc) is 2.89. The highest BCUT2D eigenvalue weighted by Crippen LogP contribution is 2.22. The summed E-state index contributed by atoms with van der Waals surface area (Å²) >= 11 is 1.71. The second-order valence-corrected chi connectivity index (χ2v) is 4.97. The van der Waals surface area contributed by atoms with Gasteiger partial charge in [-0.3, -0.25) is 4.98 Å². The van der Waals surface area contributed by atoms with Gasteiger partial charge in [-0.05, 0) is 17.7 Å². The molecule has 2 aromatic heterocycles. The summed E-state index contributed by atoms with van der Waals surface area (Å²) in [5.74, 6) is 0. The Morgan fingerprint density at radius 2 is 1.72 bits per heavy atom. The highest BCUT2D eigenvalue weighted by atomic mass is 32.1. The Hall–Kier alpha value is -2.00. The highest BCUT2D eigenvalue weighted by Gasteiger charge is 2.04. The van der Waals surface area contributed by atoms with Gasteiger partial charge in [-0.2, -0.15) is 0 Å². The summed E-state index contributed by atoms with van der Waals surface area (Å²) in [6.45, 7) is 0. The monoisotopic (exact) mass is 252 g/mol. The Morgan fingerprint density at radius 1 is 0.944 bits per heavy atom. The first kappa shape index (κ1) is 11.1. The number of benzene rings is 1. The molecule has 3 heteroatoms. The molecule has 0 saturated heterocycles. The van der Waals surface area contributed by atoms with Crippen LogP contribution < -0.4 is 0 Å². The number of thiazole rings is 1. The van der Waals surface area contributed by atoms with E-state index in [2.05, 4.69) is 27.5 Å². The van der Waals surface area contributed by atoms with Gasteiger partial charge < -0.3 is 0 Å². The fraction of sp³-hybridized carbons (Fsp3) is 0.0667. The second-order valence-electron chi connectivity index (χ2n) is 4.02. The molecule has 3 aromatic rings. The van der Waals surface area contributed by atoms with Gasteiger partial charge in [0.05, 0.1) is 10.7 Å². The summed E-state index contributed by atoms with van der Waals surface area (Å²) in [6, 6.07) is 14.3. The lowest BCUT2D eigenvalue weighted by molar-refractivity contribution is 1.12. The smallest absolute Gasteiger partial charge is 0.0976 e.